The highest BCUT2D eigenvalue weighted by Gasteiger charge is 2.52. The van der Waals surface area contributed by atoms with Gasteiger partial charge in [0.25, 0.3) is 5.91 Å². The summed E-state index contributed by atoms with van der Waals surface area (Å²) in [5, 5.41) is 0. The van der Waals surface area contributed by atoms with Crippen LogP contribution in [0.4, 0.5) is 4.79 Å². The zero-order valence-corrected chi connectivity index (χ0v) is 16.7. The smallest absolute Gasteiger partial charge is 0.328 e. The number of aliphatic imine (C=N–C) groups is 1. The molecular formula is C18H32N6O2. The van der Waals surface area contributed by atoms with E-state index in [1.54, 1.807) is 11.9 Å². The Morgan fingerprint density at radius 1 is 1.19 bits per heavy atom. The van der Waals surface area contributed by atoms with Gasteiger partial charge in [0.1, 0.15) is 0 Å². The van der Waals surface area contributed by atoms with Crippen LogP contribution >= 0.6 is 0 Å². The predicted octanol–water partition coefficient (Wildman–Crippen LogP) is 0.703. The summed E-state index contributed by atoms with van der Waals surface area (Å²) in [6.07, 6.45) is 3.52. The minimum Gasteiger partial charge on any atom is -0.346 e. The number of carbonyl (C=O) groups is 2. The lowest BCUT2D eigenvalue weighted by Gasteiger charge is -2.43. The van der Waals surface area contributed by atoms with Crippen LogP contribution in [-0.4, -0.2) is 108 Å². The highest BCUT2D eigenvalue weighted by molar-refractivity contribution is 6.03. The van der Waals surface area contributed by atoms with E-state index in [0.717, 1.165) is 44.7 Å². The third-order valence-electron chi connectivity index (χ3n) is 5.94. The zero-order valence-electron chi connectivity index (χ0n) is 16.7. The Kier molecular flexibility index (Phi) is 5.41. The molecule has 3 aliphatic heterocycles. The molecule has 3 aliphatic rings. The molecule has 3 heterocycles. The van der Waals surface area contributed by atoms with E-state index in [2.05, 4.69) is 40.7 Å². The zero-order chi connectivity index (χ0) is 19.0. The molecule has 0 aliphatic carbocycles. The van der Waals surface area contributed by atoms with Crippen LogP contribution in [0.5, 0.6) is 0 Å². The molecule has 0 N–H and O–H groups in total. The summed E-state index contributed by atoms with van der Waals surface area (Å²) in [5.74, 6) is 0.758. The summed E-state index contributed by atoms with van der Waals surface area (Å²) in [5.41, 5.74) is 0. The maximum atomic E-state index is 13.1. The number of guanidine groups is 1. The van der Waals surface area contributed by atoms with Gasteiger partial charge in [0.15, 0.2) is 18.2 Å². The Bertz CT molecular complexity index is 592. The molecule has 0 radical (unpaired) electrons. The van der Waals surface area contributed by atoms with Crippen molar-refractivity contribution < 1.29 is 9.59 Å². The van der Waals surface area contributed by atoms with Gasteiger partial charge in [-0.15, -0.1) is 0 Å². The number of carbonyl (C=O) groups excluding carboxylic acids is 2. The second-order valence-electron chi connectivity index (χ2n) is 7.95. The average Bonchev–Trinajstić information content (AvgIpc) is 3.00. The van der Waals surface area contributed by atoms with Crippen molar-refractivity contribution in [3.63, 3.8) is 0 Å². The highest BCUT2D eigenvalue weighted by atomic mass is 16.2. The van der Waals surface area contributed by atoms with Gasteiger partial charge in [0.05, 0.1) is 0 Å². The van der Waals surface area contributed by atoms with Crippen molar-refractivity contribution in [2.45, 2.75) is 50.9 Å². The number of amides is 3. The predicted molar refractivity (Wildman–Crippen MR) is 101 cm³/mol. The monoisotopic (exact) mass is 364 g/mol. The number of nitrogens with zero attached hydrogens (tertiary/aromatic N) is 6. The molecule has 2 unspecified atom stereocenters. The van der Waals surface area contributed by atoms with Gasteiger partial charge in [-0.25, -0.2) is 9.79 Å². The van der Waals surface area contributed by atoms with Gasteiger partial charge in [-0.05, 0) is 40.3 Å². The molecule has 2 saturated heterocycles. The third-order valence-corrected chi connectivity index (χ3v) is 5.94. The highest BCUT2D eigenvalue weighted by Crippen LogP contribution is 2.30. The van der Waals surface area contributed by atoms with E-state index < -0.39 is 6.17 Å². The molecule has 8 nitrogen and oxygen atoms in total. The molecule has 8 heteroatoms. The van der Waals surface area contributed by atoms with E-state index >= 15 is 0 Å². The van der Waals surface area contributed by atoms with Crippen molar-refractivity contribution in [1.82, 2.24) is 24.5 Å². The Hall–Kier alpha value is -1.83. The number of likely N-dealkylation sites (N-methyl/N-ethyl adjacent to an activating group) is 1. The molecule has 2 fully saturated rings. The largest absolute Gasteiger partial charge is 0.346 e. The van der Waals surface area contributed by atoms with E-state index in [0.29, 0.717) is 12.6 Å². The van der Waals surface area contributed by atoms with E-state index in [-0.39, 0.29) is 18.0 Å². The molecule has 146 valence electrons. The standard InChI is InChI=1S/C18H32N6O2/c1-13(20(2)3)9-6-7-11-24-16(25)14-15(22(5)18(24)26)19-17-21(4)10-8-12-23(14)17/h13-15H,6-12H2,1-5H3/t13-,14?,15?/m0/s1. The van der Waals surface area contributed by atoms with Gasteiger partial charge in [-0.3, -0.25) is 9.69 Å². The maximum Gasteiger partial charge on any atom is 0.328 e. The lowest BCUT2D eigenvalue weighted by molar-refractivity contribution is -0.137. The summed E-state index contributed by atoms with van der Waals surface area (Å²) in [7, 11) is 7.91. The molecular weight excluding hydrogens is 332 g/mol. The first-order valence-corrected chi connectivity index (χ1v) is 9.63. The van der Waals surface area contributed by atoms with Gasteiger partial charge < -0.3 is 19.6 Å². The molecule has 3 atom stereocenters. The molecule has 3 rings (SSSR count). The lowest BCUT2D eigenvalue weighted by atomic mass is 10.1. The summed E-state index contributed by atoms with van der Waals surface area (Å²) in [6.45, 7) is 4.45. The van der Waals surface area contributed by atoms with E-state index in [1.807, 2.05) is 7.05 Å². The first-order valence-electron chi connectivity index (χ1n) is 9.63. The number of unbranched alkanes of at least 4 members (excludes halogenated alkanes) is 1. The van der Waals surface area contributed by atoms with E-state index in [4.69, 9.17) is 0 Å². The first kappa shape index (κ1) is 18.9. The van der Waals surface area contributed by atoms with Gasteiger partial charge in [-0.1, -0.05) is 6.42 Å². The number of hydrogen-bond donors (Lipinski definition) is 0. The normalized spacial score (nSPS) is 27.1. The summed E-state index contributed by atoms with van der Waals surface area (Å²) in [6, 6.07) is -0.0793. The van der Waals surface area contributed by atoms with Crippen LogP contribution in [0.25, 0.3) is 0 Å². The van der Waals surface area contributed by atoms with Crippen LogP contribution in [0, 0.1) is 0 Å². The van der Waals surface area contributed by atoms with Crippen LogP contribution in [0.2, 0.25) is 0 Å². The first-order chi connectivity index (χ1) is 12.3. The van der Waals surface area contributed by atoms with Gasteiger partial charge in [-0.2, -0.15) is 0 Å². The molecule has 0 aromatic heterocycles. The van der Waals surface area contributed by atoms with Crippen molar-refractivity contribution in [3.05, 3.63) is 0 Å². The third kappa shape index (κ3) is 3.26. The molecule has 0 spiro atoms. The van der Waals surface area contributed by atoms with E-state index in [9.17, 15) is 9.59 Å². The van der Waals surface area contributed by atoms with Gasteiger partial charge in [0.2, 0.25) is 0 Å². The Morgan fingerprint density at radius 2 is 1.92 bits per heavy atom. The molecule has 26 heavy (non-hydrogen) atoms. The molecule has 0 aromatic rings. The number of fused-ring (bicyclic) bond motifs is 3. The Balaban J connectivity index is 1.65. The van der Waals surface area contributed by atoms with Crippen LogP contribution in [0.15, 0.2) is 4.99 Å². The summed E-state index contributed by atoms with van der Waals surface area (Å²) < 4.78 is 0. The van der Waals surface area contributed by atoms with Crippen molar-refractivity contribution in [3.8, 4) is 0 Å². The number of imide groups is 1. The van der Waals surface area contributed by atoms with Crippen molar-refractivity contribution >= 4 is 17.9 Å². The fourth-order valence-electron chi connectivity index (χ4n) is 3.97. The topological polar surface area (TPSA) is 62.7 Å². The Morgan fingerprint density at radius 3 is 2.62 bits per heavy atom. The second-order valence-corrected chi connectivity index (χ2v) is 7.95. The van der Waals surface area contributed by atoms with Gasteiger partial charge in [0, 0.05) is 39.8 Å². The molecule has 0 bridgehead atoms. The SMILES string of the molecule is C[C@@H](CCCCN1C(=O)C2C(N=C3N(C)CCCN32)N(C)C1=O)N(C)C. The maximum absolute atomic E-state index is 13.1. The van der Waals surface area contributed by atoms with Crippen LogP contribution in [0.1, 0.15) is 32.6 Å². The molecule has 0 aromatic carbocycles. The summed E-state index contributed by atoms with van der Waals surface area (Å²) >= 11 is 0. The minimum absolute atomic E-state index is 0.0900. The fourth-order valence-corrected chi connectivity index (χ4v) is 3.97. The Labute approximate surface area is 156 Å². The quantitative estimate of drug-likeness (QED) is 0.650. The van der Waals surface area contributed by atoms with Crippen LogP contribution in [0.3, 0.4) is 0 Å². The van der Waals surface area contributed by atoms with Gasteiger partial charge >= 0.3 is 6.03 Å². The van der Waals surface area contributed by atoms with Crippen molar-refractivity contribution in [2.24, 2.45) is 4.99 Å². The second kappa shape index (κ2) is 7.42. The summed E-state index contributed by atoms with van der Waals surface area (Å²) in [4.78, 5) is 39.9. The van der Waals surface area contributed by atoms with Crippen molar-refractivity contribution in [1.29, 1.82) is 0 Å². The average molecular weight is 364 g/mol. The molecule has 3 amide bonds. The molecule has 0 saturated carbocycles. The number of urea groups is 1. The minimum atomic E-state index is -0.393. The van der Waals surface area contributed by atoms with E-state index in [1.165, 1.54) is 4.90 Å². The number of hydrogen-bond acceptors (Lipinski definition) is 6. The fraction of sp³-hybridized carbons (Fsp3) is 0.833. The van der Waals surface area contributed by atoms with Crippen LogP contribution in [-0.2, 0) is 4.79 Å². The van der Waals surface area contributed by atoms with Crippen molar-refractivity contribution in [2.75, 3.05) is 47.8 Å². The number of rotatable bonds is 6. The van der Waals surface area contributed by atoms with Crippen LogP contribution < -0.4 is 0 Å². The lowest BCUT2D eigenvalue weighted by Crippen LogP contribution is -2.66.